The number of thiol groups is 1. The lowest BCUT2D eigenvalue weighted by molar-refractivity contribution is 1.33. The third-order valence-corrected chi connectivity index (χ3v) is 1.40. The highest BCUT2D eigenvalue weighted by atomic mass is 35.5. The molecule has 0 unspecified atom stereocenters. The van der Waals surface area contributed by atoms with Gasteiger partial charge in [-0.05, 0) is 12.1 Å². The van der Waals surface area contributed by atoms with Crippen LogP contribution in [0.2, 0.25) is 5.02 Å². The van der Waals surface area contributed by atoms with Gasteiger partial charge in [0, 0.05) is 6.20 Å². The predicted octanol–water partition coefficient (Wildman–Crippen LogP) is 2.36. The lowest BCUT2D eigenvalue weighted by Crippen LogP contribution is -2.01. The monoisotopic (exact) mass is 204 g/mol. The Bertz CT molecular complexity index is 260. The normalized spacial score (nSPS) is 9.27. The van der Waals surface area contributed by atoms with Crippen LogP contribution in [0.5, 0.6) is 0 Å². The maximum atomic E-state index is 5.61. The van der Waals surface area contributed by atoms with Crippen LogP contribution in [-0.2, 0) is 0 Å². The van der Waals surface area contributed by atoms with E-state index in [0.717, 1.165) is 0 Å². The molecule has 5 heteroatoms. The van der Waals surface area contributed by atoms with Crippen LogP contribution in [0.15, 0.2) is 18.3 Å². The molecule has 0 atom stereocenters. The predicted molar refractivity (Wildman–Crippen MR) is 54.5 cm³/mol. The SMILES string of the molecule is S=C(S)Nc1ccc(Cl)cn1. The fourth-order valence-electron chi connectivity index (χ4n) is 0.559. The Balaban J connectivity index is 2.74. The zero-order valence-electron chi connectivity index (χ0n) is 5.41. The first-order valence-corrected chi connectivity index (χ1v) is 4.03. The van der Waals surface area contributed by atoms with E-state index >= 15 is 0 Å². The van der Waals surface area contributed by atoms with Gasteiger partial charge in [0.2, 0.25) is 0 Å². The van der Waals surface area contributed by atoms with E-state index in [1.807, 2.05) is 0 Å². The Morgan fingerprint density at radius 1 is 1.64 bits per heavy atom. The summed E-state index contributed by atoms with van der Waals surface area (Å²) in [6.07, 6.45) is 1.54. The molecule has 58 valence electrons. The zero-order valence-corrected chi connectivity index (χ0v) is 7.88. The van der Waals surface area contributed by atoms with Crippen molar-refractivity contribution in [1.29, 1.82) is 0 Å². The Kier molecular flexibility index (Phi) is 3.11. The average molecular weight is 205 g/mol. The van der Waals surface area contributed by atoms with E-state index < -0.39 is 0 Å². The second-order valence-electron chi connectivity index (χ2n) is 1.79. The number of thiocarbonyl (C=S) groups is 1. The smallest absolute Gasteiger partial charge is 0.136 e. The van der Waals surface area contributed by atoms with Gasteiger partial charge in [0.1, 0.15) is 10.1 Å². The highest BCUT2D eigenvalue weighted by Gasteiger charge is 1.92. The lowest BCUT2D eigenvalue weighted by Gasteiger charge is -2.00. The summed E-state index contributed by atoms with van der Waals surface area (Å²) in [7, 11) is 0. The van der Waals surface area contributed by atoms with Crippen molar-refractivity contribution in [2.24, 2.45) is 0 Å². The van der Waals surface area contributed by atoms with Gasteiger partial charge < -0.3 is 5.32 Å². The fraction of sp³-hybridized carbons (Fsp3) is 0. The van der Waals surface area contributed by atoms with Gasteiger partial charge in [0.25, 0.3) is 0 Å². The van der Waals surface area contributed by atoms with E-state index in [0.29, 0.717) is 15.2 Å². The Hall–Kier alpha value is -0.320. The largest absolute Gasteiger partial charge is 0.326 e. The second-order valence-corrected chi connectivity index (χ2v) is 3.39. The first-order valence-electron chi connectivity index (χ1n) is 2.80. The van der Waals surface area contributed by atoms with E-state index in [9.17, 15) is 0 Å². The molecule has 0 saturated carbocycles. The van der Waals surface area contributed by atoms with Gasteiger partial charge in [-0.1, -0.05) is 23.8 Å². The van der Waals surface area contributed by atoms with Gasteiger partial charge in [-0.15, -0.1) is 12.6 Å². The number of hydrogen-bond donors (Lipinski definition) is 2. The van der Waals surface area contributed by atoms with Crippen LogP contribution in [0.25, 0.3) is 0 Å². The van der Waals surface area contributed by atoms with Crippen molar-refractivity contribution in [3.63, 3.8) is 0 Å². The molecule has 11 heavy (non-hydrogen) atoms. The number of pyridine rings is 1. The molecule has 1 rings (SSSR count). The van der Waals surface area contributed by atoms with E-state index in [1.165, 1.54) is 6.20 Å². The van der Waals surface area contributed by atoms with E-state index in [1.54, 1.807) is 12.1 Å². The zero-order chi connectivity index (χ0) is 8.27. The van der Waals surface area contributed by atoms with Crippen molar-refractivity contribution in [3.8, 4) is 0 Å². The summed E-state index contributed by atoms with van der Waals surface area (Å²) in [6, 6.07) is 3.45. The highest BCUT2D eigenvalue weighted by molar-refractivity contribution is 8.11. The van der Waals surface area contributed by atoms with Gasteiger partial charge in [0.05, 0.1) is 5.02 Å². The topological polar surface area (TPSA) is 24.9 Å². The average Bonchev–Trinajstić information content (AvgIpc) is 1.93. The maximum absolute atomic E-state index is 5.61. The Morgan fingerprint density at radius 2 is 2.36 bits per heavy atom. The molecular weight excluding hydrogens is 200 g/mol. The van der Waals surface area contributed by atoms with E-state index in [-0.39, 0.29) is 0 Å². The molecule has 0 amide bonds. The molecule has 0 aromatic carbocycles. The molecule has 0 radical (unpaired) electrons. The van der Waals surface area contributed by atoms with E-state index in [4.69, 9.17) is 23.8 Å². The number of hydrogen-bond acceptors (Lipinski definition) is 2. The summed E-state index contributed by atoms with van der Waals surface area (Å²) in [4.78, 5) is 3.94. The fourth-order valence-corrected chi connectivity index (χ4v) is 0.890. The molecule has 0 saturated heterocycles. The summed E-state index contributed by atoms with van der Waals surface area (Å²) in [5.74, 6) is 0.648. The summed E-state index contributed by atoms with van der Waals surface area (Å²) in [6.45, 7) is 0. The van der Waals surface area contributed by atoms with Gasteiger partial charge in [-0.3, -0.25) is 0 Å². The van der Waals surface area contributed by atoms with Crippen molar-refractivity contribution in [2.45, 2.75) is 0 Å². The van der Waals surface area contributed by atoms with Crippen LogP contribution in [0.4, 0.5) is 5.82 Å². The molecular formula is C6H5ClN2S2. The van der Waals surface area contributed by atoms with Crippen molar-refractivity contribution < 1.29 is 0 Å². The Morgan fingerprint density at radius 3 is 2.82 bits per heavy atom. The van der Waals surface area contributed by atoms with Crippen molar-refractivity contribution >= 4 is 46.6 Å². The summed E-state index contributed by atoms with van der Waals surface area (Å²) < 4.78 is 0.389. The molecule has 0 aliphatic heterocycles. The molecule has 1 heterocycles. The van der Waals surface area contributed by atoms with Crippen molar-refractivity contribution in [2.75, 3.05) is 5.32 Å². The van der Waals surface area contributed by atoms with Crippen LogP contribution in [0.1, 0.15) is 0 Å². The number of rotatable bonds is 1. The third-order valence-electron chi connectivity index (χ3n) is 0.962. The quantitative estimate of drug-likeness (QED) is 0.543. The minimum absolute atomic E-state index is 0.389. The molecule has 0 bridgehead atoms. The van der Waals surface area contributed by atoms with Gasteiger partial charge >= 0.3 is 0 Å². The lowest BCUT2D eigenvalue weighted by atomic mass is 10.5. The molecule has 1 aromatic rings. The van der Waals surface area contributed by atoms with Crippen molar-refractivity contribution in [1.82, 2.24) is 4.98 Å². The minimum Gasteiger partial charge on any atom is -0.326 e. The summed E-state index contributed by atoms with van der Waals surface area (Å²) in [5, 5.41) is 3.36. The molecule has 2 nitrogen and oxygen atoms in total. The number of halogens is 1. The standard InChI is InChI=1S/C6H5ClN2S2/c7-4-1-2-5(8-3-4)9-6(10)11/h1-3H,(H2,8,9,10,11). The molecule has 0 aliphatic rings. The summed E-state index contributed by atoms with van der Waals surface area (Å²) in [5.41, 5.74) is 0. The van der Waals surface area contributed by atoms with Crippen LogP contribution >= 0.6 is 36.4 Å². The number of aromatic nitrogens is 1. The van der Waals surface area contributed by atoms with E-state index in [2.05, 4.69) is 22.9 Å². The number of nitrogens with one attached hydrogen (secondary N) is 1. The van der Waals surface area contributed by atoms with Crippen LogP contribution in [0, 0.1) is 0 Å². The highest BCUT2D eigenvalue weighted by Crippen LogP contribution is 2.09. The van der Waals surface area contributed by atoms with Gasteiger partial charge in [-0.2, -0.15) is 0 Å². The molecule has 1 aromatic heterocycles. The summed E-state index contributed by atoms with van der Waals surface area (Å²) >= 11 is 14.2. The van der Waals surface area contributed by atoms with Gasteiger partial charge in [0.15, 0.2) is 0 Å². The molecule has 1 N–H and O–H groups in total. The number of anilines is 1. The first kappa shape index (κ1) is 8.77. The second kappa shape index (κ2) is 3.90. The molecule has 0 aliphatic carbocycles. The van der Waals surface area contributed by atoms with Crippen LogP contribution < -0.4 is 5.32 Å². The third kappa shape index (κ3) is 3.05. The molecule has 0 fully saturated rings. The number of nitrogens with zero attached hydrogens (tertiary/aromatic N) is 1. The Labute approximate surface area is 80.4 Å². The minimum atomic E-state index is 0.389. The molecule has 0 spiro atoms. The first-order chi connectivity index (χ1) is 5.18. The maximum Gasteiger partial charge on any atom is 0.136 e. The van der Waals surface area contributed by atoms with Gasteiger partial charge in [-0.25, -0.2) is 4.98 Å². The van der Waals surface area contributed by atoms with Crippen molar-refractivity contribution in [3.05, 3.63) is 23.4 Å². The van der Waals surface area contributed by atoms with Crippen LogP contribution in [-0.4, -0.2) is 9.30 Å². The van der Waals surface area contributed by atoms with Crippen LogP contribution in [0.3, 0.4) is 0 Å².